The summed E-state index contributed by atoms with van der Waals surface area (Å²) in [6.45, 7) is 3.95. The average Bonchev–Trinajstić information content (AvgIpc) is 2.53. The molecule has 2 aliphatic heterocycles. The molecule has 2 heterocycles. The Labute approximate surface area is 138 Å². The molecular weight excluding hydrogens is 296 g/mol. The van der Waals surface area contributed by atoms with Crippen LogP contribution in [0.4, 0.5) is 0 Å². The summed E-state index contributed by atoms with van der Waals surface area (Å²) < 4.78 is 4.82. The molecule has 2 rings (SSSR count). The molecule has 0 aliphatic carbocycles. The van der Waals surface area contributed by atoms with Gasteiger partial charge in [-0.15, -0.1) is 0 Å². The third-order valence-corrected chi connectivity index (χ3v) is 5.01. The highest BCUT2D eigenvalue weighted by atomic mass is 16.5. The lowest BCUT2D eigenvalue weighted by atomic mass is 9.87. The third kappa shape index (κ3) is 4.69. The second kappa shape index (κ2) is 8.31. The standard InChI is InChI=1S/C17H28N2O4/c1-13-11-19(10-8-14(13)17(22)23-2)16(21)12-18-9-6-4-3-5-7-15(18)20/h13-14H,3-12H2,1-2H3/t13-,14+/m0/s1. The van der Waals surface area contributed by atoms with Gasteiger partial charge in [0.2, 0.25) is 11.8 Å². The minimum Gasteiger partial charge on any atom is -0.469 e. The molecule has 6 heteroatoms. The lowest BCUT2D eigenvalue weighted by Crippen LogP contribution is -2.49. The number of likely N-dealkylation sites (tertiary alicyclic amines) is 2. The van der Waals surface area contributed by atoms with Crippen molar-refractivity contribution in [2.24, 2.45) is 11.8 Å². The van der Waals surface area contributed by atoms with Gasteiger partial charge in [-0.25, -0.2) is 0 Å². The second-order valence-corrected chi connectivity index (χ2v) is 6.71. The van der Waals surface area contributed by atoms with E-state index in [2.05, 4.69) is 0 Å². The van der Waals surface area contributed by atoms with Crippen molar-refractivity contribution in [3.05, 3.63) is 0 Å². The quantitative estimate of drug-likeness (QED) is 0.737. The fourth-order valence-corrected chi connectivity index (χ4v) is 3.52. The van der Waals surface area contributed by atoms with Gasteiger partial charge < -0.3 is 14.5 Å². The number of hydrogen-bond acceptors (Lipinski definition) is 4. The number of methoxy groups -OCH3 is 1. The van der Waals surface area contributed by atoms with Gasteiger partial charge in [-0.1, -0.05) is 19.8 Å². The van der Waals surface area contributed by atoms with E-state index in [4.69, 9.17) is 4.74 Å². The first-order valence-electron chi connectivity index (χ1n) is 8.66. The Morgan fingerprint density at radius 1 is 1.17 bits per heavy atom. The molecule has 0 spiro atoms. The van der Waals surface area contributed by atoms with Gasteiger partial charge in [0.25, 0.3) is 0 Å². The highest BCUT2D eigenvalue weighted by molar-refractivity contribution is 5.85. The van der Waals surface area contributed by atoms with Crippen molar-refractivity contribution < 1.29 is 19.1 Å². The average molecular weight is 324 g/mol. The lowest BCUT2D eigenvalue weighted by Gasteiger charge is -2.36. The predicted octanol–water partition coefficient (Wildman–Crippen LogP) is 1.44. The Balaban J connectivity index is 1.88. The number of nitrogens with zero attached hydrogens (tertiary/aromatic N) is 2. The zero-order chi connectivity index (χ0) is 16.8. The molecule has 6 nitrogen and oxygen atoms in total. The van der Waals surface area contributed by atoms with Crippen molar-refractivity contribution in [3.8, 4) is 0 Å². The van der Waals surface area contributed by atoms with Crippen LogP contribution in [0.25, 0.3) is 0 Å². The van der Waals surface area contributed by atoms with Gasteiger partial charge in [0.05, 0.1) is 19.6 Å². The SMILES string of the molecule is COC(=O)[C@@H]1CCN(C(=O)CN2CCCCCCC2=O)C[C@@H]1C. The largest absolute Gasteiger partial charge is 0.469 e. The molecule has 0 aromatic carbocycles. The van der Waals surface area contributed by atoms with Crippen molar-refractivity contribution in [3.63, 3.8) is 0 Å². The molecule has 2 fully saturated rings. The van der Waals surface area contributed by atoms with Gasteiger partial charge in [-0.2, -0.15) is 0 Å². The van der Waals surface area contributed by atoms with Crippen LogP contribution in [0.15, 0.2) is 0 Å². The summed E-state index contributed by atoms with van der Waals surface area (Å²) in [5.74, 6) is -0.149. The maximum atomic E-state index is 12.5. The molecule has 23 heavy (non-hydrogen) atoms. The first kappa shape index (κ1) is 17.8. The van der Waals surface area contributed by atoms with Gasteiger partial charge in [0, 0.05) is 26.1 Å². The number of hydrogen-bond donors (Lipinski definition) is 0. The Morgan fingerprint density at radius 2 is 1.91 bits per heavy atom. The maximum Gasteiger partial charge on any atom is 0.309 e. The summed E-state index contributed by atoms with van der Waals surface area (Å²) in [6.07, 6.45) is 5.30. The summed E-state index contributed by atoms with van der Waals surface area (Å²) in [5, 5.41) is 0. The molecule has 2 aliphatic rings. The Bertz CT molecular complexity index is 452. The highest BCUT2D eigenvalue weighted by Crippen LogP contribution is 2.24. The molecular formula is C17H28N2O4. The predicted molar refractivity (Wildman–Crippen MR) is 85.5 cm³/mol. The van der Waals surface area contributed by atoms with Gasteiger partial charge in [0.15, 0.2) is 0 Å². The summed E-state index contributed by atoms with van der Waals surface area (Å²) in [5.41, 5.74) is 0. The van der Waals surface area contributed by atoms with Gasteiger partial charge in [-0.05, 0) is 25.2 Å². The number of esters is 1. The van der Waals surface area contributed by atoms with E-state index in [9.17, 15) is 14.4 Å². The molecule has 0 bridgehead atoms. The van der Waals surface area contributed by atoms with Crippen LogP contribution in [0.1, 0.15) is 45.4 Å². The van der Waals surface area contributed by atoms with Crippen molar-refractivity contribution in [1.82, 2.24) is 9.80 Å². The summed E-state index contributed by atoms with van der Waals surface area (Å²) in [6, 6.07) is 0. The van der Waals surface area contributed by atoms with E-state index in [1.54, 1.807) is 9.80 Å². The van der Waals surface area contributed by atoms with E-state index in [1.807, 2.05) is 6.92 Å². The smallest absolute Gasteiger partial charge is 0.309 e. The maximum absolute atomic E-state index is 12.5. The van der Waals surface area contributed by atoms with Crippen LogP contribution in [0.2, 0.25) is 0 Å². The first-order chi connectivity index (χ1) is 11.0. The Hall–Kier alpha value is -1.59. The topological polar surface area (TPSA) is 66.9 Å². The first-order valence-corrected chi connectivity index (χ1v) is 8.66. The van der Waals surface area contributed by atoms with E-state index in [0.717, 1.165) is 25.7 Å². The van der Waals surface area contributed by atoms with Crippen LogP contribution in [-0.4, -0.2) is 60.9 Å². The van der Waals surface area contributed by atoms with Crippen molar-refractivity contribution >= 4 is 17.8 Å². The monoisotopic (exact) mass is 324 g/mol. The molecule has 0 N–H and O–H groups in total. The lowest BCUT2D eigenvalue weighted by molar-refractivity contribution is -0.152. The third-order valence-electron chi connectivity index (χ3n) is 5.01. The second-order valence-electron chi connectivity index (χ2n) is 6.71. The number of rotatable bonds is 3. The molecule has 0 aromatic rings. The van der Waals surface area contributed by atoms with Crippen LogP contribution in [-0.2, 0) is 19.1 Å². The minimum absolute atomic E-state index is 0.00547. The van der Waals surface area contributed by atoms with E-state index in [0.29, 0.717) is 32.5 Å². The number of carbonyl (C=O) groups excluding carboxylic acids is 3. The fraction of sp³-hybridized carbons (Fsp3) is 0.824. The number of carbonyl (C=O) groups is 3. The number of ether oxygens (including phenoxy) is 1. The number of amides is 2. The Kier molecular flexibility index (Phi) is 6.42. The van der Waals surface area contributed by atoms with Crippen LogP contribution < -0.4 is 0 Å². The molecule has 2 saturated heterocycles. The molecule has 0 aromatic heterocycles. The van der Waals surface area contributed by atoms with Crippen LogP contribution in [0, 0.1) is 11.8 Å². The fourth-order valence-electron chi connectivity index (χ4n) is 3.52. The van der Waals surface area contributed by atoms with Gasteiger partial charge in [0.1, 0.15) is 0 Å². The minimum atomic E-state index is -0.191. The Morgan fingerprint density at radius 3 is 2.61 bits per heavy atom. The molecule has 0 saturated carbocycles. The zero-order valence-corrected chi connectivity index (χ0v) is 14.3. The van der Waals surface area contributed by atoms with Crippen molar-refractivity contribution in [2.45, 2.75) is 45.4 Å². The van der Waals surface area contributed by atoms with Crippen LogP contribution >= 0.6 is 0 Å². The highest BCUT2D eigenvalue weighted by Gasteiger charge is 2.34. The summed E-state index contributed by atoms with van der Waals surface area (Å²) in [4.78, 5) is 39.8. The molecule has 0 unspecified atom stereocenters. The van der Waals surface area contributed by atoms with Crippen molar-refractivity contribution in [2.75, 3.05) is 33.3 Å². The van der Waals surface area contributed by atoms with E-state index in [1.165, 1.54) is 7.11 Å². The van der Waals surface area contributed by atoms with Crippen LogP contribution in [0.3, 0.4) is 0 Å². The van der Waals surface area contributed by atoms with E-state index in [-0.39, 0.29) is 36.2 Å². The van der Waals surface area contributed by atoms with Gasteiger partial charge >= 0.3 is 5.97 Å². The molecule has 2 atom stereocenters. The molecule has 2 amide bonds. The van der Waals surface area contributed by atoms with E-state index >= 15 is 0 Å². The van der Waals surface area contributed by atoms with Crippen molar-refractivity contribution in [1.29, 1.82) is 0 Å². The van der Waals surface area contributed by atoms with E-state index < -0.39 is 0 Å². The number of piperidine rings is 1. The van der Waals surface area contributed by atoms with Crippen LogP contribution in [0.5, 0.6) is 0 Å². The van der Waals surface area contributed by atoms with Gasteiger partial charge in [-0.3, -0.25) is 14.4 Å². The normalized spacial score (nSPS) is 26.4. The summed E-state index contributed by atoms with van der Waals surface area (Å²) in [7, 11) is 1.40. The molecule has 130 valence electrons. The molecule has 0 radical (unpaired) electrons. The summed E-state index contributed by atoms with van der Waals surface area (Å²) >= 11 is 0. The zero-order valence-electron chi connectivity index (χ0n) is 14.3.